The van der Waals surface area contributed by atoms with Crippen molar-refractivity contribution in [1.82, 2.24) is 14.5 Å². The first-order valence-electron chi connectivity index (χ1n) is 7.12. The van der Waals surface area contributed by atoms with Crippen molar-refractivity contribution in [3.63, 3.8) is 0 Å². The molecule has 0 aliphatic rings. The van der Waals surface area contributed by atoms with Gasteiger partial charge >= 0.3 is 0 Å². The Kier molecular flexibility index (Phi) is 4.29. The number of aryl methyl sites for hydroxylation is 1. The fourth-order valence-corrected chi connectivity index (χ4v) is 3.24. The first-order valence-corrected chi connectivity index (χ1v) is 7.94. The van der Waals surface area contributed by atoms with E-state index in [1.165, 1.54) is 0 Å². The molecule has 0 aliphatic heterocycles. The number of hydrogen-bond acceptors (Lipinski definition) is 4. The van der Waals surface area contributed by atoms with Crippen molar-refractivity contribution in [3.05, 3.63) is 59.6 Å². The van der Waals surface area contributed by atoms with E-state index in [1.807, 2.05) is 35.2 Å². The summed E-state index contributed by atoms with van der Waals surface area (Å²) in [6.45, 7) is 2.10. The topological polar surface area (TPSA) is 59.8 Å². The predicted octanol–water partition coefficient (Wildman–Crippen LogP) is 3.53. The minimum Gasteiger partial charge on any atom is -0.319 e. The third-order valence-corrected chi connectivity index (χ3v) is 4.25. The molecular weight excluding hydrogens is 296 g/mol. The van der Waals surface area contributed by atoms with Gasteiger partial charge in [0.1, 0.15) is 5.69 Å². The summed E-state index contributed by atoms with van der Waals surface area (Å²) in [4.78, 5) is 22.0. The van der Waals surface area contributed by atoms with E-state index in [1.54, 1.807) is 29.8 Å². The zero-order valence-corrected chi connectivity index (χ0v) is 13.0. The van der Waals surface area contributed by atoms with Crippen molar-refractivity contribution in [1.29, 1.82) is 0 Å². The number of anilines is 1. The van der Waals surface area contributed by atoms with Crippen LogP contribution in [0.3, 0.4) is 0 Å². The quantitative estimate of drug-likeness (QED) is 0.784. The van der Waals surface area contributed by atoms with Gasteiger partial charge in [-0.1, -0.05) is 13.3 Å². The van der Waals surface area contributed by atoms with Crippen LogP contribution in [0.4, 0.5) is 5.69 Å². The molecule has 5 nitrogen and oxygen atoms in total. The molecule has 0 spiro atoms. The fourth-order valence-electron chi connectivity index (χ4n) is 2.11. The van der Waals surface area contributed by atoms with Gasteiger partial charge in [-0.2, -0.15) is 0 Å². The third-order valence-electron chi connectivity index (χ3n) is 3.12. The molecule has 3 heterocycles. The van der Waals surface area contributed by atoms with Crippen LogP contribution in [0.25, 0.3) is 5.13 Å². The molecule has 0 atom stereocenters. The SMILES string of the molecule is CCCc1sc(-n2cccc2)nc1C(=O)Nc1cccnc1. The van der Waals surface area contributed by atoms with E-state index < -0.39 is 0 Å². The van der Waals surface area contributed by atoms with Crippen molar-refractivity contribution < 1.29 is 4.79 Å². The maximum Gasteiger partial charge on any atom is 0.275 e. The maximum atomic E-state index is 12.5. The molecule has 0 radical (unpaired) electrons. The van der Waals surface area contributed by atoms with Crippen LogP contribution in [0.1, 0.15) is 28.7 Å². The number of aromatic nitrogens is 3. The summed E-state index contributed by atoms with van der Waals surface area (Å²) in [5.41, 5.74) is 1.17. The first kappa shape index (κ1) is 14.5. The Morgan fingerprint density at radius 1 is 1.32 bits per heavy atom. The molecule has 6 heteroatoms. The number of rotatable bonds is 5. The van der Waals surface area contributed by atoms with Crippen molar-refractivity contribution in [2.24, 2.45) is 0 Å². The molecule has 0 aromatic carbocycles. The lowest BCUT2D eigenvalue weighted by Crippen LogP contribution is -2.14. The van der Waals surface area contributed by atoms with Gasteiger partial charge in [0.2, 0.25) is 0 Å². The lowest BCUT2D eigenvalue weighted by Gasteiger charge is -2.03. The van der Waals surface area contributed by atoms with Crippen molar-refractivity contribution >= 4 is 22.9 Å². The molecule has 22 heavy (non-hydrogen) atoms. The van der Waals surface area contributed by atoms with Gasteiger partial charge in [-0.05, 0) is 30.7 Å². The van der Waals surface area contributed by atoms with Gasteiger partial charge in [0.25, 0.3) is 5.91 Å². The zero-order valence-electron chi connectivity index (χ0n) is 12.2. The summed E-state index contributed by atoms with van der Waals surface area (Å²) in [5.74, 6) is -0.189. The highest BCUT2D eigenvalue weighted by Crippen LogP contribution is 2.24. The van der Waals surface area contributed by atoms with Crippen molar-refractivity contribution in [2.75, 3.05) is 5.32 Å². The minimum absolute atomic E-state index is 0.189. The monoisotopic (exact) mass is 312 g/mol. The van der Waals surface area contributed by atoms with E-state index in [2.05, 4.69) is 22.2 Å². The van der Waals surface area contributed by atoms with E-state index in [0.717, 1.165) is 22.9 Å². The minimum atomic E-state index is -0.189. The van der Waals surface area contributed by atoms with Crippen molar-refractivity contribution in [3.8, 4) is 5.13 Å². The number of thiazole rings is 1. The van der Waals surface area contributed by atoms with Crippen molar-refractivity contribution in [2.45, 2.75) is 19.8 Å². The average Bonchev–Trinajstić information content (AvgIpc) is 3.17. The second-order valence-corrected chi connectivity index (χ2v) is 5.87. The van der Waals surface area contributed by atoms with Gasteiger partial charge < -0.3 is 9.88 Å². The van der Waals surface area contributed by atoms with E-state index in [4.69, 9.17) is 0 Å². The molecule has 0 aliphatic carbocycles. The first-order chi connectivity index (χ1) is 10.8. The highest BCUT2D eigenvalue weighted by atomic mass is 32.1. The lowest BCUT2D eigenvalue weighted by molar-refractivity contribution is 0.102. The lowest BCUT2D eigenvalue weighted by atomic mass is 10.2. The Bertz CT molecular complexity index is 750. The second-order valence-electron chi connectivity index (χ2n) is 4.80. The second kappa shape index (κ2) is 6.53. The van der Waals surface area contributed by atoms with Crippen LogP contribution in [0.15, 0.2) is 49.1 Å². The largest absolute Gasteiger partial charge is 0.319 e. The standard InChI is InChI=1S/C16H16N4OS/c1-2-6-13-14(15(21)18-12-7-5-8-17-11-12)19-16(22-13)20-9-3-4-10-20/h3-5,7-11H,2,6H2,1H3,(H,18,21). The molecule has 3 aromatic rings. The number of hydrogen-bond donors (Lipinski definition) is 1. The van der Waals surface area contributed by atoms with Crippen LogP contribution in [-0.2, 0) is 6.42 Å². The number of carbonyl (C=O) groups excluding carboxylic acids is 1. The molecule has 112 valence electrons. The molecule has 0 bridgehead atoms. The summed E-state index contributed by atoms with van der Waals surface area (Å²) in [7, 11) is 0. The Hall–Kier alpha value is -2.47. The maximum absolute atomic E-state index is 12.5. The zero-order chi connectivity index (χ0) is 15.4. The number of carbonyl (C=O) groups is 1. The molecule has 0 saturated carbocycles. The molecule has 1 N–H and O–H groups in total. The Labute approximate surface area is 132 Å². The van der Waals surface area contributed by atoms with Gasteiger partial charge in [0.15, 0.2) is 5.13 Å². The molecule has 3 aromatic heterocycles. The highest BCUT2D eigenvalue weighted by molar-refractivity contribution is 7.14. The van der Waals surface area contributed by atoms with Gasteiger partial charge in [-0.15, -0.1) is 11.3 Å². The number of nitrogens with zero attached hydrogens (tertiary/aromatic N) is 3. The normalized spacial score (nSPS) is 10.6. The van der Waals surface area contributed by atoms with E-state index in [-0.39, 0.29) is 5.91 Å². The highest BCUT2D eigenvalue weighted by Gasteiger charge is 2.18. The summed E-state index contributed by atoms with van der Waals surface area (Å²) < 4.78 is 1.92. The van der Waals surface area contributed by atoms with Gasteiger partial charge in [0.05, 0.1) is 11.9 Å². The van der Waals surface area contributed by atoms with E-state index in [0.29, 0.717) is 11.4 Å². The molecule has 3 rings (SSSR count). The summed E-state index contributed by atoms with van der Waals surface area (Å²) in [6.07, 6.45) is 8.96. The van der Waals surface area contributed by atoms with Crippen LogP contribution in [0, 0.1) is 0 Å². The Morgan fingerprint density at radius 2 is 2.14 bits per heavy atom. The van der Waals surface area contributed by atoms with Crippen LogP contribution >= 0.6 is 11.3 Å². The average molecular weight is 312 g/mol. The van der Waals surface area contributed by atoms with Crippen LogP contribution < -0.4 is 5.32 Å². The van der Waals surface area contributed by atoms with Crippen LogP contribution in [0.2, 0.25) is 0 Å². The molecular formula is C16H16N4OS. The smallest absolute Gasteiger partial charge is 0.275 e. The van der Waals surface area contributed by atoms with Gasteiger partial charge in [-0.25, -0.2) is 4.98 Å². The Balaban J connectivity index is 1.89. The molecule has 0 saturated heterocycles. The van der Waals surface area contributed by atoms with Gasteiger partial charge in [0, 0.05) is 23.5 Å². The Morgan fingerprint density at radius 3 is 2.82 bits per heavy atom. The number of nitrogens with one attached hydrogen (secondary N) is 1. The van der Waals surface area contributed by atoms with Crippen LogP contribution in [-0.4, -0.2) is 20.4 Å². The van der Waals surface area contributed by atoms with Gasteiger partial charge in [-0.3, -0.25) is 9.78 Å². The number of pyridine rings is 1. The summed E-state index contributed by atoms with van der Waals surface area (Å²) in [6, 6.07) is 7.48. The predicted molar refractivity (Wildman–Crippen MR) is 87.6 cm³/mol. The fraction of sp³-hybridized carbons (Fsp3) is 0.188. The van der Waals surface area contributed by atoms with E-state index >= 15 is 0 Å². The molecule has 0 fully saturated rings. The third kappa shape index (κ3) is 3.07. The molecule has 0 unspecified atom stereocenters. The summed E-state index contributed by atoms with van der Waals surface area (Å²) >= 11 is 1.56. The summed E-state index contributed by atoms with van der Waals surface area (Å²) in [5, 5.41) is 3.66. The van der Waals surface area contributed by atoms with E-state index in [9.17, 15) is 4.79 Å². The number of amides is 1. The molecule has 1 amide bonds. The van der Waals surface area contributed by atoms with Crippen LogP contribution in [0.5, 0.6) is 0 Å².